The molecule has 0 aliphatic carbocycles. The fraction of sp³-hybridized carbons (Fsp3) is 0.458. The Morgan fingerprint density at radius 3 is 2.26 bits per heavy atom. The molecule has 6 nitrogen and oxygen atoms in total. The van der Waals surface area contributed by atoms with E-state index in [-0.39, 0.29) is 10.8 Å². The fourth-order valence-electron chi connectivity index (χ4n) is 3.88. The van der Waals surface area contributed by atoms with Crippen molar-refractivity contribution in [3.8, 4) is 0 Å². The van der Waals surface area contributed by atoms with Gasteiger partial charge in [0.05, 0.1) is 4.90 Å². The Morgan fingerprint density at radius 1 is 0.968 bits per heavy atom. The molecule has 3 rings (SSSR count). The lowest BCUT2D eigenvalue weighted by Gasteiger charge is -2.19. The summed E-state index contributed by atoms with van der Waals surface area (Å²) in [6.07, 6.45) is 5.22. The molecule has 2 aromatic carbocycles. The predicted octanol–water partition coefficient (Wildman–Crippen LogP) is 3.60. The number of nitrogens with one attached hydrogen (secondary N) is 2. The maximum absolute atomic E-state index is 12.7. The van der Waals surface area contributed by atoms with E-state index in [1.807, 2.05) is 12.1 Å². The Kier molecular flexibility index (Phi) is 8.23. The number of hydrogen-bond donors (Lipinski definition) is 2. The summed E-state index contributed by atoms with van der Waals surface area (Å²) in [5, 5.41) is 2.91. The van der Waals surface area contributed by atoms with Gasteiger partial charge in [-0.3, -0.25) is 9.69 Å². The molecule has 31 heavy (non-hydrogen) atoms. The van der Waals surface area contributed by atoms with Crippen LogP contribution in [0.3, 0.4) is 0 Å². The maximum Gasteiger partial charge on any atom is 0.251 e. The first-order valence-corrected chi connectivity index (χ1v) is 12.6. The van der Waals surface area contributed by atoms with Gasteiger partial charge in [0, 0.05) is 25.2 Å². The number of carbonyl (C=O) groups is 1. The van der Waals surface area contributed by atoms with Crippen molar-refractivity contribution in [2.45, 2.75) is 57.5 Å². The second kappa shape index (κ2) is 10.9. The van der Waals surface area contributed by atoms with E-state index in [1.54, 1.807) is 19.9 Å². The SMILES string of the molecule is CCNS(=O)(=O)c1ccc(C)c(C(=O)NCc2ccc(CN3CCCCCC3)cc2)c1. The summed E-state index contributed by atoms with van der Waals surface area (Å²) < 4.78 is 26.9. The molecule has 0 saturated carbocycles. The summed E-state index contributed by atoms with van der Waals surface area (Å²) in [7, 11) is -3.60. The molecule has 0 aromatic heterocycles. The van der Waals surface area contributed by atoms with Gasteiger partial charge in [-0.2, -0.15) is 0 Å². The molecule has 1 saturated heterocycles. The van der Waals surface area contributed by atoms with Gasteiger partial charge in [0.25, 0.3) is 5.91 Å². The fourth-order valence-corrected chi connectivity index (χ4v) is 4.95. The average Bonchev–Trinajstić information content (AvgIpc) is 3.02. The molecule has 0 unspecified atom stereocenters. The largest absolute Gasteiger partial charge is 0.348 e. The van der Waals surface area contributed by atoms with Crippen molar-refractivity contribution in [1.29, 1.82) is 0 Å². The van der Waals surface area contributed by atoms with Crippen LogP contribution in [0, 0.1) is 6.92 Å². The zero-order valence-electron chi connectivity index (χ0n) is 18.5. The Labute approximate surface area is 186 Å². The second-order valence-corrected chi connectivity index (χ2v) is 9.93. The second-order valence-electron chi connectivity index (χ2n) is 8.17. The van der Waals surface area contributed by atoms with Crippen molar-refractivity contribution in [2.24, 2.45) is 0 Å². The number of amides is 1. The summed E-state index contributed by atoms with van der Waals surface area (Å²) in [6.45, 7) is 7.52. The number of sulfonamides is 1. The van der Waals surface area contributed by atoms with Gasteiger partial charge in [-0.1, -0.05) is 50.1 Å². The predicted molar refractivity (Wildman–Crippen MR) is 123 cm³/mol. The lowest BCUT2D eigenvalue weighted by molar-refractivity contribution is 0.0950. The highest BCUT2D eigenvalue weighted by Crippen LogP contribution is 2.17. The Bertz CT molecular complexity index is 980. The molecule has 2 aromatic rings. The van der Waals surface area contributed by atoms with Crippen LogP contribution in [0.1, 0.15) is 59.7 Å². The molecule has 0 spiro atoms. The van der Waals surface area contributed by atoms with Gasteiger partial charge in [-0.25, -0.2) is 13.1 Å². The average molecular weight is 444 g/mol. The van der Waals surface area contributed by atoms with Crippen LogP contribution in [-0.2, 0) is 23.1 Å². The molecule has 0 atom stereocenters. The lowest BCUT2D eigenvalue weighted by Crippen LogP contribution is -2.26. The van der Waals surface area contributed by atoms with Crippen molar-refractivity contribution in [1.82, 2.24) is 14.9 Å². The number of likely N-dealkylation sites (tertiary alicyclic amines) is 1. The molecule has 1 fully saturated rings. The van der Waals surface area contributed by atoms with Crippen LogP contribution in [0.2, 0.25) is 0 Å². The van der Waals surface area contributed by atoms with Gasteiger partial charge in [-0.15, -0.1) is 0 Å². The summed E-state index contributed by atoms with van der Waals surface area (Å²) >= 11 is 0. The Hall–Kier alpha value is -2.22. The van der Waals surface area contributed by atoms with Gasteiger partial charge in [0.15, 0.2) is 0 Å². The van der Waals surface area contributed by atoms with Crippen molar-refractivity contribution < 1.29 is 13.2 Å². The number of benzene rings is 2. The van der Waals surface area contributed by atoms with Crippen LogP contribution in [0.5, 0.6) is 0 Å². The van der Waals surface area contributed by atoms with Gasteiger partial charge >= 0.3 is 0 Å². The van der Waals surface area contributed by atoms with Crippen LogP contribution >= 0.6 is 0 Å². The molecule has 1 amide bonds. The van der Waals surface area contributed by atoms with Crippen LogP contribution in [0.25, 0.3) is 0 Å². The van der Waals surface area contributed by atoms with Gasteiger partial charge in [0.1, 0.15) is 0 Å². The Morgan fingerprint density at radius 2 is 1.61 bits per heavy atom. The maximum atomic E-state index is 12.7. The molecule has 1 heterocycles. The van der Waals surface area contributed by atoms with Crippen molar-refractivity contribution >= 4 is 15.9 Å². The van der Waals surface area contributed by atoms with E-state index in [2.05, 4.69) is 27.1 Å². The zero-order chi connectivity index (χ0) is 22.3. The van der Waals surface area contributed by atoms with Gasteiger partial charge in [-0.05, 0) is 61.7 Å². The highest BCUT2D eigenvalue weighted by molar-refractivity contribution is 7.89. The van der Waals surface area contributed by atoms with E-state index in [9.17, 15) is 13.2 Å². The molecule has 2 N–H and O–H groups in total. The monoisotopic (exact) mass is 443 g/mol. The van der Waals surface area contributed by atoms with Crippen molar-refractivity contribution in [2.75, 3.05) is 19.6 Å². The minimum absolute atomic E-state index is 0.1000. The molecular formula is C24H33N3O3S. The third-order valence-electron chi connectivity index (χ3n) is 5.68. The molecule has 0 bridgehead atoms. The van der Waals surface area contributed by atoms with E-state index in [1.165, 1.54) is 56.5 Å². The molecule has 1 aliphatic rings. The lowest BCUT2D eigenvalue weighted by atomic mass is 10.1. The molecular weight excluding hydrogens is 410 g/mol. The standard InChI is InChI=1S/C24H33N3O3S/c1-3-26-31(29,30)22-13-8-19(2)23(16-22)24(28)25-17-20-9-11-21(12-10-20)18-27-14-6-4-5-7-15-27/h8-13,16,26H,3-7,14-15,17-18H2,1-2H3,(H,25,28). The normalized spacial score (nSPS) is 15.4. The number of hydrogen-bond acceptors (Lipinski definition) is 4. The van der Waals surface area contributed by atoms with Crippen LogP contribution in [0.4, 0.5) is 0 Å². The number of carbonyl (C=O) groups excluding carboxylic acids is 1. The number of aryl methyl sites for hydroxylation is 1. The van der Waals surface area contributed by atoms with Crippen molar-refractivity contribution in [3.63, 3.8) is 0 Å². The number of nitrogens with zero attached hydrogens (tertiary/aromatic N) is 1. The van der Waals surface area contributed by atoms with E-state index in [0.717, 1.165) is 17.7 Å². The highest BCUT2D eigenvalue weighted by atomic mass is 32.2. The summed E-state index contributed by atoms with van der Waals surface area (Å²) in [6, 6.07) is 13.0. The van der Waals surface area contributed by atoms with Gasteiger partial charge < -0.3 is 5.32 Å². The topological polar surface area (TPSA) is 78.5 Å². The minimum atomic E-state index is -3.60. The summed E-state index contributed by atoms with van der Waals surface area (Å²) in [5.74, 6) is -0.278. The minimum Gasteiger partial charge on any atom is -0.348 e. The smallest absolute Gasteiger partial charge is 0.251 e. The first-order chi connectivity index (χ1) is 14.9. The third kappa shape index (κ3) is 6.63. The van der Waals surface area contributed by atoms with Crippen molar-refractivity contribution in [3.05, 3.63) is 64.7 Å². The first-order valence-electron chi connectivity index (χ1n) is 11.1. The Balaban J connectivity index is 1.60. The highest BCUT2D eigenvalue weighted by Gasteiger charge is 2.17. The van der Waals surface area contributed by atoms with E-state index in [0.29, 0.717) is 18.7 Å². The van der Waals surface area contributed by atoms with Gasteiger partial charge in [0.2, 0.25) is 10.0 Å². The molecule has 7 heteroatoms. The third-order valence-corrected chi connectivity index (χ3v) is 7.22. The zero-order valence-corrected chi connectivity index (χ0v) is 19.3. The molecule has 168 valence electrons. The quantitative estimate of drug-likeness (QED) is 0.653. The van der Waals surface area contributed by atoms with E-state index >= 15 is 0 Å². The molecule has 1 aliphatic heterocycles. The van der Waals surface area contributed by atoms with Crippen LogP contribution < -0.4 is 10.0 Å². The first kappa shape index (κ1) is 23.4. The molecule has 0 radical (unpaired) electrons. The van der Waals surface area contributed by atoms with Crippen LogP contribution in [0.15, 0.2) is 47.4 Å². The van der Waals surface area contributed by atoms with E-state index < -0.39 is 10.0 Å². The number of rotatable bonds is 8. The van der Waals surface area contributed by atoms with Crippen LogP contribution in [-0.4, -0.2) is 38.9 Å². The van der Waals surface area contributed by atoms with E-state index in [4.69, 9.17) is 0 Å². The summed E-state index contributed by atoms with van der Waals surface area (Å²) in [4.78, 5) is 15.3. The summed E-state index contributed by atoms with van der Waals surface area (Å²) in [5.41, 5.74) is 3.41.